The van der Waals surface area contributed by atoms with Gasteiger partial charge in [0, 0.05) is 11.5 Å². The van der Waals surface area contributed by atoms with Gasteiger partial charge in [0.2, 0.25) is 0 Å². The molecule has 0 radical (unpaired) electrons. The van der Waals surface area contributed by atoms with Gasteiger partial charge in [0.25, 0.3) is 0 Å². The number of carbonyl (C=O) groups excluding carboxylic acids is 1. The van der Waals surface area contributed by atoms with Crippen molar-refractivity contribution in [1.29, 1.82) is 0 Å². The number of carbonyl (C=O) groups is 1. The van der Waals surface area contributed by atoms with Crippen molar-refractivity contribution in [3.8, 4) is 11.5 Å². The molecule has 9 atom stereocenters. The molecule has 5 aliphatic rings. The third kappa shape index (κ3) is 4.73. The average Bonchev–Trinajstić information content (AvgIpc) is 3.01. The summed E-state index contributed by atoms with van der Waals surface area (Å²) in [6.45, 7) is 14.7. The van der Waals surface area contributed by atoms with Crippen molar-refractivity contribution in [2.24, 2.45) is 50.2 Å². The van der Waals surface area contributed by atoms with E-state index in [2.05, 4.69) is 47.6 Å². The predicted molar refractivity (Wildman–Crippen MR) is 176 cm³/mol. The second-order valence-corrected chi connectivity index (χ2v) is 17.4. The third-order valence-electron chi connectivity index (χ3n) is 14.9. The van der Waals surface area contributed by atoms with E-state index in [9.17, 15) is 15.0 Å². The molecule has 1 aromatic rings. The summed E-state index contributed by atoms with van der Waals surface area (Å²) in [6, 6.07) is 5.67. The Morgan fingerprint density at radius 1 is 0.867 bits per heavy atom. The van der Waals surface area contributed by atoms with E-state index in [1.54, 1.807) is 14.2 Å². The van der Waals surface area contributed by atoms with Crippen molar-refractivity contribution in [3.05, 3.63) is 35.4 Å². The minimum absolute atomic E-state index is 0.00238. The molecule has 1 aromatic carbocycles. The molecule has 6 nitrogen and oxygen atoms in total. The molecule has 0 unspecified atom stereocenters. The molecule has 2 N–H and O–H groups in total. The number of methoxy groups -OCH3 is 2. The summed E-state index contributed by atoms with van der Waals surface area (Å²) in [4.78, 5) is 14.4. The average molecular weight is 623 g/mol. The Kier molecular flexibility index (Phi) is 8.04. The zero-order chi connectivity index (χ0) is 32.6. The molecular weight excluding hydrogens is 564 g/mol. The summed E-state index contributed by atoms with van der Waals surface area (Å²) in [5, 5.41) is 21.7. The van der Waals surface area contributed by atoms with Crippen LogP contribution in [0.25, 0.3) is 0 Å². The normalized spacial score (nSPS) is 43.5. The van der Waals surface area contributed by atoms with Gasteiger partial charge in [0.05, 0.1) is 32.3 Å². The maximum atomic E-state index is 14.4. The second kappa shape index (κ2) is 11.0. The zero-order valence-corrected chi connectivity index (χ0v) is 29.1. The van der Waals surface area contributed by atoms with Gasteiger partial charge in [0.15, 0.2) is 0 Å². The van der Waals surface area contributed by atoms with Gasteiger partial charge in [-0.1, -0.05) is 53.2 Å². The SMILES string of the molecule is COc1cc(COC(=O)[C@]23CCC(C)(C)C[C@H]2C2=CC[C@@H]4[C@@]5(C)CC[C@H](O)[C@@](C)(CO)[C@@H]5CC[C@@]4(C)[C@]2(C)CC3)cc(OC)c1. The number of hydrogen-bond acceptors (Lipinski definition) is 6. The van der Waals surface area contributed by atoms with Gasteiger partial charge < -0.3 is 24.4 Å². The van der Waals surface area contributed by atoms with Crippen molar-refractivity contribution in [2.75, 3.05) is 20.8 Å². The standard InChI is InChI=1S/C39H58O6/c1-34(2)15-17-39(33(42)45-23-25-19-26(43-7)21-27(20-25)44-8)18-16-37(5)28(29(39)22-34)9-10-31-35(3)13-12-32(41)36(4,24-40)30(35)11-14-38(31,37)6/h9,19-21,29-32,40-41H,10-18,22-24H2,1-8H3/t29-,30+,31+,32-,35-,36-,37+,38+,39-/m0/s1. The lowest BCUT2D eigenvalue weighted by atomic mass is 9.33. The first-order valence-electron chi connectivity index (χ1n) is 17.5. The molecule has 250 valence electrons. The maximum Gasteiger partial charge on any atom is 0.313 e. The Morgan fingerprint density at radius 3 is 2.18 bits per heavy atom. The van der Waals surface area contributed by atoms with E-state index in [0.717, 1.165) is 69.8 Å². The van der Waals surface area contributed by atoms with Gasteiger partial charge in [-0.3, -0.25) is 4.79 Å². The smallest absolute Gasteiger partial charge is 0.313 e. The summed E-state index contributed by atoms with van der Waals surface area (Å²) >= 11 is 0. The quantitative estimate of drug-likeness (QED) is 0.248. The van der Waals surface area contributed by atoms with Crippen molar-refractivity contribution in [1.82, 2.24) is 0 Å². The van der Waals surface area contributed by atoms with E-state index in [4.69, 9.17) is 14.2 Å². The summed E-state index contributed by atoms with van der Waals surface area (Å²) in [6.07, 6.45) is 11.8. The van der Waals surface area contributed by atoms with Gasteiger partial charge >= 0.3 is 5.97 Å². The molecule has 5 aliphatic carbocycles. The van der Waals surface area contributed by atoms with Gasteiger partial charge in [-0.05, 0) is 121 Å². The van der Waals surface area contributed by atoms with E-state index >= 15 is 0 Å². The largest absolute Gasteiger partial charge is 0.497 e. The molecule has 0 bridgehead atoms. The number of rotatable bonds is 6. The molecule has 45 heavy (non-hydrogen) atoms. The number of ether oxygens (including phenoxy) is 3. The highest BCUT2D eigenvalue weighted by molar-refractivity contribution is 5.79. The van der Waals surface area contributed by atoms with Crippen LogP contribution in [-0.4, -0.2) is 43.1 Å². The van der Waals surface area contributed by atoms with E-state index in [-0.39, 0.29) is 46.8 Å². The van der Waals surface area contributed by atoms with E-state index < -0.39 is 16.9 Å². The Morgan fingerprint density at radius 2 is 1.53 bits per heavy atom. The Balaban J connectivity index is 1.34. The van der Waals surface area contributed by atoms with Gasteiger partial charge in [-0.25, -0.2) is 0 Å². The number of allylic oxidation sites excluding steroid dienone is 2. The first-order valence-corrected chi connectivity index (χ1v) is 17.5. The lowest BCUT2D eigenvalue weighted by molar-refractivity contribution is -0.217. The lowest BCUT2D eigenvalue weighted by Gasteiger charge is -2.71. The molecule has 0 heterocycles. The van der Waals surface area contributed by atoms with Gasteiger partial charge in [0.1, 0.15) is 18.1 Å². The number of benzene rings is 1. The van der Waals surface area contributed by atoms with E-state index in [1.165, 1.54) is 5.57 Å². The van der Waals surface area contributed by atoms with Crippen LogP contribution < -0.4 is 9.47 Å². The summed E-state index contributed by atoms with van der Waals surface area (Å²) < 4.78 is 17.2. The van der Waals surface area contributed by atoms with Crippen molar-refractivity contribution >= 4 is 5.97 Å². The molecule has 6 heteroatoms. The summed E-state index contributed by atoms with van der Waals surface area (Å²) in [5.41, 5.74) is 1.75. The fourth-order valence-corrected chi connectivity index (χ4v) is 11.9. The van der Waals surface area contributed by atoms with Crippen LogP contribution in [-0.2, 0) is 16.1 Å². The van der Waals surface area contributed by atoms with Gasteiger partial charge in [-0.2, -0.15) is 0 Å². The van der Waals surface area contributed by atoms with Crippen molar-refractivity contribution in [3.63, 3.8) is 0 Å². The van der Waals surface area contributed by atoms with E-state index in [1.807, 2.05) is 18.2 Å². The highest BCUT2D eigenvalue weighted by Gasteiger charge is 2.69. The van der Waals surface area contributed by atoms with Crippen molar-refractivity contribution in [2.45, 2.75) is 118 Å². The molecule has 0 aromatic heterocycles. The van der Waals surface area contributed by atoms with Crippen LogP contribution in [0.3, 0.4) is 0 Å². The summed E-state index contributed by atoms with van der Waals surface area (Å²) in [7, 11) is 3.27. The molecule has 6 rings (SSSR count). The van der Waals surface area contributed by atoms with Crippen LogP contribution in [0.2, 0.25) is 0 Å². The third-order valence-corrected chi connectivity index (χ3v) is 14.9. The van der Waals surface area contributed by atoms with Crippen LogP contribution in [0.4, 0.5) is 0 Å². The second-order valence-electron chi connectivity index (χ2n) is 17.4. The molecule has 0 aliphatic heterocycles. The topological polar surface area (TPSA) is 85.2 Å². The van der Waals surface area contributed by atoms with Crippen LogP contribution in [0, 0.1) is 50.2 Å². The maximum absolute atomic E-state index is 14.4. The minimum Gasteiger partial charge on any atom is -0.497 e. The minimum atomic E-state index is -0.501. The number of fused-ring (bicyclic) bond motifs is 7. The number of esters is 1. The van der Waals surface area contributed by atoms with Crippen LogP contribution in [0.15, 0.2) is 29.8 Å². The number of aliphatic hydroxyl groups is 2. The first-order chi connectivity index (χ1) is 21.1. The Bertz CT molecular complexity index is 1330. The molecule has 0 saturated heterocycles. The number of hydrogen-bond donors (Lipinski definition) is 2. The van der Waals surface area contributed by atoms with Crippen LogP contribution in [0.5, 0.6) is 11.5 Å². The monoisotopic (exact) mass is 622 g/mol. The Hall–Kier alpha value is -2.05. The molecule has 0 spiro atoms. The summed E-state index contributed by atoms with van der Waals surface area (Å²) in [5.74, 6) is 2.29. The fourth-order valence-electron chi connectivity index (χ4n) is 11.9. The molecule has 0 amide bonds. The van der Waals surface area contributed by atoms with Gasteiger partial charge in [-0.15, -0.1) is 0 Å². The lowest BCUT2D eigenvalue weighted by Crippen LogP contribution is -2.66. The molecule has 4 saturated carbocycles. The number of aliphatic hydroxyl groups excluding tert-OH is 2. The Labute approximate surface area is 271 Å². The fraction of sp³-hybridized carbons (Fsp3) is 0.769. The highest BCUT2D eigenvalue weighted by Crippen LogP contribution is 2.75. The highest BCUT2D eigenvalue weighted by atomic mass is 16.5. The van der Waals surface area contributed by atoms with E-state index in [0.29, 0.717) is 23.3 Å². The molecular formula is C39H58O6. The first kappa shape index (κ1) is 32.9. The predicted octanol–water partition coefficient (Wildman–Crippen LogP) is 7.88. The van der Waals surface area contributed by atoms with Crippen LogP contribution >= 0.6 is 0 Å². The van der Waals surface area contributed by atoms with Crippen molar-refractivity contribution < 1.29 is 29.2 Å². The molecule has 4 fully saturated rings. The van der Waals surface area contributed by atoms with Crippen LogP contribution in [0.1, 0.15) is 111 Å². The zero-order valence-electron chi connectivity index (χ0n) is 29.1.